The Bertz CT molecular complexity index is 484. The van der Waals surface area contributed by atoms with Crippen molar-refractivity contribution < 1.29 is 4.76 Å². The molecule has 2 atom stereocenters. The fourth-order valence-electron chi connectivity index (χ4n) is 2.92. The predicted octanol–water partition coefficient (Wildman–Crippen LogP) is 2.89. The highest BCUT2D eigenvalue weighted by Gasteiger charge is 2.41. The molecule has 18 heavy (non-hydrogen) atoms. The monoisotopic (exact) mass is 244 g/mol. The van der Waals surface area contributed by atoms with E-state index in [1.807, 2.05) is 30.3 Å². The van der Waals surface area contributed by atoms with Crippen molar-refractivity contribution in [2.75, 3.05) is 0 Å². The molecule has 94 valence electrons. The quantitative estimate of drug-likeness (QED) is 0.713. The van der Waals surface area contributed by atoms with Gasteiger partial charge in [-0.3, -0.25) is 0 Å². The Balaban J connectivity index is 1.98. The minimum Gasteiger partial charge on any atom is -0.758 e. The van der Waals surface area contributed by atoms with Gasteiger partial charge in [0.15, 0.2) is 0 Å². The van der Waals surface area contributed by atoms with Crippen molar-refractivity contribution in [2.24, 2.45) is 0 Å². The smallest absolute Gasteiger partial charge is 0.244 e. The highest BCUT2D eigenvalue weighted by molar-refractivity contribution is 5.64. The molecule has 3 rings (SSSR count). The topological polar surface area (TPSA) is 46.4 Å². The number of fused-ring (bicyclic) bond motifs is 1. The van der Waals surface area contributed by atoms with Crippen LogP contribution in [-0.4, -0.2) is 21.9 Å². The Morgan fingerprint density at radius 1 is 1.17 bits per heavy atom. The third-order valence-corrected chi connectivity index (χ3v) is 3.88. The number of hydrogen-bond donors (Lipinski definition) is 0. The van der Waals surface area contributed by atoms with Crippen molar-refractivity contribution in [3.05, 3.63) is 52.2 Å². The van der Waals surface area contributed by atoms with E-state index in [0.717, 1.165) is 41.1 Å². The predicted molar refractivity (Wildman–Crippen MR) is 69.3 cm³/mol. The first-order valence-electron chi connectivity index (χ1n) is 6.46. The minimum atomic E-state index is -0.184. The normalized spacial score (nSPS) is 27.7. The van der Waals surface area contributed by atoms with Gasteiger partial charge in [-0.05, 0) is 12.8 Å². The van der Waals surface area contributed by atoms with E-state index in [1.165, 1.54) is 6.20 Å². The lowest BCUT2D eigenvalue weighted by Gasteiger charge is -2.44. The number of nitroso groups, excluding NO2 is 1. The molecule has 0 aromatic heterocycles. The number of hydrogen-bond acceptors (Lipinski definition) is 3. The molecule has 1 saturated carbocycles. The zero-order valence-corrected chi connectivity index (χ0v) is 10.2. The van der Waals surface area contributed by atoms with Gasteiger partial charge in [0, 0.05) is 21.7 Å². The molecule has 4 heteroatoms. The van der Waals surface area contributed by atoms with E-state index in [9.17, 15) is 10.1 Å². The van der Waals surface area contributed by atoms with Gasteiger partial charge in [-0.15, -0.1) is 0 Å². The first-order chi connectivity index (χ1) is 8.77. The molecule has 4 nitrogen and oxygen atoms in total. The zero-order chi connectivity index (χ0) is 12.5. The highest BCUT2D eigenvalue weighted by atomic mass is 16.5. The molecule has 0 spiro atoms. The standard InChI is InChI=1S/C14H16N2O2/c17-15-10-14(11-6-2-1-3-7-11)16(18)13-9-5-4-8-12(13)15/h1-3,6-7,10,12-13H,4-5,8-9H2/t12-,13-/m0/s1. The summed E-state index contributed by atoms with van der Waals surface area (Å²) < 4.78 is 0.987. The zero-order valence-electron chi connectivity index (χ0n) is 10.2. The van der Waals surface area contributed by atoms with Crippen molar-refractivity contribution in [3.63, 3.8) is 0 Å². The third kappa shape index (κ3) is 1.82. The van der Waals surface area contributed by atoms with Gasteiger partial charge in [-0.2, -0.15) is 0 Å². The summed E-state index contributed by atoms with van der Waals surface area (Å²) in [6.07, 6.45) is 5.18. The molecule has 0 radical (unpaired) electrons. The van der Waals surface area contributed by atoms with E-state index in [1.54, 1.807) is 0 Å². The van der Waals surface area contributed by atoms with Crippen molar-refractivity contribution in [1.29, 1.82) is 0 Å². The molecule has 0 saturated heterocycles. The lowest BCUT2D eigenvalue weighted by atomic mass is 9.88. The van der Waals surface area contributed by atoms with Crippen LogP contribution in [0, 0.1) is 10.1 Å². The molecule has 0 bridgehead atoms. The summed E-state index contributed by atoms with van der Waals surface area (Å²) >= 11 is 0. The summed E-state index contributed by atoms with van der Waals surface area (Å²) in [6.45, 7) is 0. The Hall–Kier alpha value is -1.68. The fourth-order valence-corrected chi connectivity index (χ4v) is 2.92. The van der Waals surface area contributed by atoms with E-state index >= 15 is 0 Å². The van der Waals surface area contributed by atoms with Crippen molar-refractivity contribution >= 4 is 5.70 Å². The molecule has 1 aromatic carbocycles. The van der Waals surface area contributed by atoms with Crippen LogP contribution >= 0.6 is 0 Å². The first kappa shape index (κ1) is 11.4. The van der Waals surface area contributed by atoms with Crippen LogP contribution in [0.4, 0.5) is 0 Å². The second kappa shape index (κ2) is 4.53. The Morgan fingerprint density at radius 3 is 2.67 bits per heavy atom. The molecular formula is C14H16N2O2. The van der Waals surface area contributed by atoms with Crippen LogP contribution in [0.5, 0.6) is 0 Å². The van der Waals surface area contributed by atoms with Crippen LogP contribution in [0.3, 0.4) is 0 Å². The van der Waals surface area contributed by atoms with Gasteiger partial charge < -0.3 is 10.3 Å². The molecule has 1 fully saturated rings. The summed E-state index contributed by atoms with van der Waals surface area (Å²) in [5.41, 5.74) is 1.31. The van der Waals surface area contributed by atoms with Gasteiger partial charge in [0.2, 0.25) is 12.2 Å². The van der Waals surface area contributed by atoms with Gasteiger partial charge >= 0.3 is 0 Å². The SMILES string of the molecule is O=[N+]1C=C(c2ccccc2)N([O-])[C@H]2CCCC[C@@H]21. The van der Waals surface area contributed by atoms with Crippen LogP contribution in [0.2, 0.25) is 0 Å². The maximum atomic E-state index is 12.4. The van der Waals surface area contributed by atoms with Crippen molar-refractivity contribution in [3.8, 4) is 0 Å². The van der Waals surface area contributed by atoms with E-state index in [2.05, 4.69) is 0 Å². The fraction of sp³-hybridized carbons (Fsp3) is 0.429. The van der Waals surface area contributed by atoms with E-state index in [0.29, 0.717) is 5.70 Å². The molecule has 2 aliphatic rings. The van der Waals surface area contributed by atoms with Crippen molar-refractivity contribution in [1.82, 2.24) is 5.06 Å². The van der Waals surface area contributed by atoms with E-state index in [-0.39, 0.29) is 12.1 Å². The molecule has 1 aliphatic carbocycles. The number of nitrogens with zero attached hydrogens (tertiary/aromatic N) is 2. The largest absolute Gasteiger partial charge is 0.758 e. The highest BCUT2D eigenvalue weighted by Crippen LogP contribution is 2.34. The average molecular weight is 244 g/mol. The summed E-state index contributed by atoms with van der Waals surface area (Å²) in [5, 5.41) is 13.4. The van der Waals surface area contributed by atoms with Crippen LogP contribution in [-0.2, 0) is 0 Å². The average Bonchev–Trinajstić information content (AvgIpc) is 2.44. The third-order valence-electron chi connectivity index (χ3n) is 3.88. The lowest BCUT2D eigenvalue weighted by molar-refractivity contribution is -0.536. The summed E-state index contributed by atoms with van der Waals surface area (Å²) in [7, 11) is 0. The first-order valence-corrected chi connectivity index (χ1v) is 6.46. The molecule has 0 amide bonds. The second-order valence-electron chi connectivity index (χ2n) is 4.99. The number of benzene rings is 1. The maximum Gasteiger partial charge on any atom is 0.244 e. The van der Waals surface area contributed by atoms with Gasteiger partial charge in [-0.1, -0.05) is 36.8 Å². The van der Waals surface area contributed by atoms with Gasteiger partial charge in [0.05, 0.1) is 6.04 Å². The van der Waals surface area contributed by atoms with Crippen LogP contribution < -0.4 is 0 Å². The molecule has 1 aromatic rings. The van der Waals surface area contributed by atoms with Crippen LogP contribution in [0.1, 0.15) is 31.2 Å². The number of hydroxylamine groups is 2. The Labute approximate surface area is 106 Å². The minimum absolute atomic E-state index is 0.163. The summed E-state index contributed by atoms with van der Waals surface area (Å²) in [5.74, 6) is 0. The molecule has 1 heterocycles. The van der Waals surface area contributed by atoms with Crippen LogP contribution in [0.25, 0.3) is 5.70 Å². The molecule has 0 unspecified atom stereocenters. The second-order valence-corrected chi connectivity index (χ2v) is 4.99. The summed E-state index contributed by atoms with van der Waals surface area (Å²) in [6, 6.07) is 9.06. The Kier molecular flexibility index (Phi) is 2.88. The molecule has 0 N–H and O–H groups in total. The maximum absolute atomic E-state index is 12.4. The van der Waals surface area contributed by atoms with Gasteiger partial charge in [0.25, 0.3) is 0 Å². The Morgan fingerprint density at radius 2 is 1.89 bits per heavy atom. The van der Waals surface area contributed by atoms with E-state index < -0.39 is 0 Å². The molecule has 1 aliphatic heterocycles. The van der Waals surface area contributed by atoms with Gasteiger partial charge in [0.1, 0.15) is 5.70 Å². The van der Waals surface area contributed by atoms with Gasteiger partial charge in [-0.25, -0.2) is 0 Å². The summed E-state index contributed by atoms with van der Waals surface area (Å²) in [4.78, 5) is 12.0. The number of rotatable bonds is 1. The molecular weight excluding hydrogens is 228 g/mol. The van der Waals surface area contributed by atoms with Crippen molar-refractivity contribution in [2.45, 2.75) is 37.8 Å². The van der Waals surface area contributed by atoms with E-state index in [4.69, 9.17) is 0 Å². The lowest BCUT2D eigenvalue weighted by Crippen LogP contribution is -2.49. The van der Waals surface area contributed by atoms with Crippen LogP contribution in [0.15, 0.2) is 36.5 Å².